The standard InChI is InChI=1S/C15H12F2N2S2/c16-10-3-1-5-12(7-10)18-14(20)9-15(21)19-13-6-2-4-11(17)8-13/h1-8H,9H2,(H,18,20)(H,19,21). The largest absolute Gasteiger partial charge is 0.350 e. The van der Waals surface area contributed by atoms with Gasteiger partial charge >= 0.3 is 0 Å². The molecule has 0 bridgehead atoms. The van der Waals surface area contributed by atoms with E-state index in [1.54, 1.807) is 24.3 Å². The molecule has 0 atom stereocenters. The van der Waals surface area contributed by atoms with E-state index in [4.69, 9.17) is 24.4 Å². The van der Waals surface area contributed by atoms with Gasteiger partial charge in [-0.3, -0.25) is 0 Å². The molecule has 2 aromatic carbocycles. The van der Waals surface area contributed by atoms with Gasteiger partial charge < -0.3 is 10.6 Å². The minimum atomic E-state index is -0.344. The molecule has 0 aliphatic carbocycles. The molecule has 21 heavy (non-hydrogen) atoms. The molecule has 0 aromatic heterocycles. The van der Waals surface area contributed by atoms with E-state index in [2.05, 4.69) is 10.6 Å². The van der Waals surface area contributed by atoms with E-state index in [0.29, 0.717) is 21.4 Å². The first kappa shape index (κ1) is 15.5. The topological polar surface area (TPSA) is 24.1 Å². The SMILES string of the molecule is Fc1cccc(NC(=S)CC(=S)Nc2cccc(F)c2)c1. The number of thiocarbonyl (C=S) groups is 2. The molecule has 6 heteroatoms. The summed E-state index contributed by atoms with van der Waals surface area (Å²) in [6.45, 7) is 0. The van der Waals surface area contributed by atoms with Gasteiger partial charge in [-0.1, -0.05) is 36.6 Å². The van der Waals surface area contributed by atoms with Crippen LogP contribution in [-0.2, 0) is 0 Å². The molecule has 2 rings (SSSR count). The highest BCUT2D eigenvalue weighted by molar-refractivity contribution is 7.82. The summed E-state index contributed by atoms with van der Waals surface area (Å²) < 4.78 is 26.1. The lowest BCUT2D eigenvalue weighted by Gasteiger charge is -2.11. The smallest absolute Gasteiger partial charge is 0.125 e. The summed E-state index contributed by atoms with van der Waals surface area (Å²) in [5.41, 5.74) is 1.13. The Morgan fingerprint density at radius 2 is 1.24 bits per heavy atom. The minimum absolute atomic E-state index is 0.289. The van der Waals surface area contributed by atoms with Crippen molar-refractivity contribution in [2.75, 3.05) is 10.6 Å². The second-order valence-corrected chi connectivity index (χ2v) is 5.28. The third-order valence-electron chi connectivity index (χ3n) is 2.54. The molecule has 0 aliphatic heterocycles. The molecule has 108 valence electrons. The highest BCUT2D eigenvalue weighted by Crippen LogP contribution is 2.12. The molecule has 0 fully saturated rings. The number of benzene rings is 2. The zero-order valence-corrected chi connectivity index (χ0v) is 12.5. The first-order valence-corrected chi connectivity index (χ1v) is 6.95. The molecular formula is C15H12F2N2S2. The van der Waals surface area contributed by atoms with Crippen LogP contribution < -0.4 is 10.6 Å². The van der Waals surface area contributed by atoms with Gasteiger partial charge in [0.05, 0.1) is 9.98 Å². The fraction of sp³-hybridized carbons (Fsp3) is 0.0667. The Hall–Kier alpha value is -1.92. The normalized spacial score (nSPS) is 10.0. The molecule has 0 saturated heterocycles. The van der Waals surface area contributed by atoms with Crippen LogP contribution in [0.15, 0.2) is 48.5 Å². The number of rotatable bonds is 4. The van der Waals surface area contributed by atoms with E-state index in [-0.39, 0.29) is 18.1 Å². The Morgan fingerprint density at radius 1 is 0.810 bits per heavy atom. The van der Waals surface area contributed by atoms with Gasteiger partial charge in [0, 0.05) is 17.8 Å². The van der Waals surface area contributed by atoms with Crippen LogP contribution in [0.2, 0.25) is 0 Å². The molecule has 0 spiro atoms. The summed E-state index contributed by atoms with van der Waals surface area (Å²) in [5, 5.41) is 5.80. The highest BCUT2D eigenvalue weighted by atomic mass is 32.1. The Kier molecular flexibility index (Phi) is 5.30. The average Bonchev–Trinajstić information content (AvgIpc) is 2.38. The van der Waals surface area contributed by atoms with Gasteiger partial charge in [-0.05, 0) is 36.4 Å². The molecule has 2 aromatic rings. The van der Waals surface area contributed by atoms with Crippen molar-refractivity contribution in [3.8, 4) is 0 Å². The lowest BCUT2D eigenvalue weighted by atomic mass is 10.3. The van der Waals surface area contributed by atoms with E-state index < -0.39 is 0 Å². The van der Waals surface area contributed by atoms with Gasteiger partial charge in [-0.25, -0.2) is 8.78 Å². The second-order valence-electron chi connectivity index (χ2n) is 4.29. The van der Waals surface area contributed by atoms with Crippen LogP contribution in [0.5, 0.6) is 0 Å². The van der Waals surface area contributed by atoms with Crippen molar-refractivity contribution < 1.29 is 8.78 Å². The van der Waals surface area contributed by atoms with Crippen molar-refractivity contribution >= 4 is 45.8 Å². The van der Waals surface area contributed by atoms with Gasteiger partial charge in [-0.15, -0.1) is 0 Å². The Balaban J connectivity index is 1.89. The molecule has 0 saturated carbocycles. The number of hydrogen-bond donors (Lipinski definition) is 2. The number of hydrogen-bond acceptors (Lipinski definition) is 2. The fourth-order valence-electron chi connectivity index (χ4n) is 1.69. The van der Waals surface area contributed by atoms with E-state index in [1.165, 1.54) is 24.3 Å². The monoisotopic (exact) mass is 322 g/mol. The summed E-state index contributed by atoms with van der Waals surface area (Å²) >= 11 is 10.3. The van der Waals surface area contributed by atoms with Crippen LogP contribution in [-0.4, -0.2) is 9.98 Å². The van der Waals surface area contributed by atoms with Crippen LogP contribution in [0.1, 0.15) is 6.42 Å². The predicted molar refractivity (Wildman–Crippen MR) is 89.9 cm³/mol. The summed E-state index contributed by atoms with van der Waals surface area (Å²) in [7, 11) is 0. The second kappa shape index (κ2) is 7.19. The van der Waals surface area contributed by atoms with Crippen molar-refractivity contribution in [3.63, 3.8) is 0 Å². The van der Waals surface area contributed by atoms with Crippen molar-refractivity contribution in [1.29, 1.82) is 0 Å². The Bertz CT molecular complexity index is 617. The fourth-order valence-corrected chi connectivity index (χ4v) is 2.30. The van der Waals surface area contributed by atoms with Gasteiger partial charge in [0.15, 0.2) is 0 Å². The van der Waals surface area contributed by atoms with Gasteiger partial charge in [-0.2, -0.15) is 0 Å². The van der Waals surface area contributed by atoms with Crippen LogP contribution in [0.3, 0.4) is 0 Å². The summed E-state index contributed by atoms with van der Waals surface area (Å²) in [6.07, 6.45) is 0.289. The average molecular weight is 322 g/mol. The number of nitrogens with one attached hydrogen (secondary N) is 2. The third kappa shape index (κ3) is 5.17. The molecular weight excluding hydrogens is 310 g/mol. The van der Waals surface area contributed by atoms with Crippen LogP contribution in [0.4, 0.5) is 20.2 Å². The highest BCUT2D eigenvalue weighted by Gasteiger charge is 2.04. The summed E-state index contributed by atoms with van der Waals surface area (Å²) in [6, 6.07) is 12.0. The van der Waals surface area contributed by atoms with Crippen LogP contribution in [0.25, 0.3) is 0 Å². The van der Waals surface area contributed by atoms with E-state index in [0.717, 1.165) is 0 Å². The molecule has 0 aliphatic rings. The van der Waals surface area contributed by atoms with Crippen molar-refractivity contribution in [2.24, 2.45) is 0 Å². The molecule has 0 amide bonds. The van der Waals surface area contributed by atoms with Crippen molar-refractivity contribution in [3.05, 3.63) is 60.2 Å². The zero-order chi connectivity index (χ0) is 15.2. The van der Waals surface area contributed by atoms with E-state index >= 15 is 0 Å². The maximum atomic E-state index is 13.0. The maximum Gasteiger partial charge on any atom is 0.125 e. The lowest BCUT2D eigenvalue weighted by Crippen LogP contribution is -2.18. The lowest BCUT2D eigenvalue weighted by molar-refractivity contribution is 0.628. The Morgan fingerprint density at radius 3 is 1.62 bits per heavy atom. The van der Waals surface area contributed by atoms with Gasteiger partial charge in [0.1, 0.15) is 11.6 Å². The third-order valence-corrected chi connectivity index (χ3v) is 3.03. The zero-order valence-electron chi connectivity index (χ0n) is 10.9. The predicted octanol–water partition coefficient (Wildman–Crippen LogP) is 4.53. The molecule has 0 heterocycles. The van der Waals surface area contributed by atoms with E-state index in [1.807, 2.05) is 0 Å². The first-order valence-electron chi connectivity index (χ1n) is 6.14. The molecule has 2 nitrogen and oxygen atoms in total. The number of halogens is 2. The number of anilines is 2. The Labute approximate surface area is 132 Å². The first-order chi connectivity index (χ1) is 10.0. The van der Waals surface area contributed by atoms with Crippen LogP contribution in [0, 0.1) is 11.6 Å². The minimum Gasteiger partial charge on any atom is -0.350 e. The molecule has 2 N–H and O–H groups in total. The molecule has 0 unspecified atom stereocenters. The maximum absolute atomic E-state index is 13.0. The van der Waals surface area contributed by atoms with E-state index in [9.17, 15) is 8.78 Å². The van der Waals surface area contributed by atoms with Crippen LogP contribution >= 0.6 is 24.4 Å². The summed E-state index contributed by atoms with van der Waals surface area (Å²) in [5.74, 6) is -0.688. The molecule has 0 radical (unpaired) electrons. The van der Waals surface area contributed by atoms with Gasteiger partial charge in [0.2, 0.25) is 0 Å². The van der Waals surface area contributed by atoms with Crippen molar-refractivity contribution in [1.82, 2.24) is 0 Å². The quantitative estimate of drug-likeness (QED) is 0.808. The van der Waals surface area contributed by atoms with Crippen molar-refractivity contribution in [2.45, 2.75) is 6.42 Å². The van der Waals surface area contributed by atoms with Gasteiger partial charge in [0.25, 0.3) is 0 Å². The summed E-state index contributed by atoms with van der Waals surface area (Å²) in [4.78, 5) is 0.906.